The molecule has 1 fully saturated rings. The molecule has 1 atom stereocenters. The quantitative estimate of drug-likeness (QED) is 0.783. The lowest BCUT2D eigenvalue weighted by Gasteiger charge is -2.37. The molecule has 1 aliphatic heterocycles. The van der Waals surface area contributed by atoms with Gasteiger partial charge in [-0.15, -0.1) is 0 Å². The maximum absolute atomic E-state index is 5.10. The Bertz CT molecular complexity index is 444. The van der Waals surface area contributed by atoms with Gasteiger partial charge >= 0.3 is 0 Å². The van der Waals surface area contributed by atoms with E-state index in [0.29, 0.717) is 6.04 Å². The molecule has 21 heavy (non-hydrogen) atoms. The Morgan fingerprint density at radius 2 is 2.19 bits per heavy atom. The average Bonchev–Trinajstić information content (AvgIpc) is 2.77. The van der Waals surface area contributed by atoms with Crippen molar-refractivity contribution in [3.8, 4) is 0 Å². The minimum absolute atomic E-state index is 0.659. The summed E-state index contributed by atoms with van der Waals surface area (Å²) in [4.78, 5) is 2.58. The third-order valence-electron chi connectivity index (χ3n) is 4.47. The van der Waals surface area contributed by atoms with Gasteiger partial charge in [0.1, 0.15) is 5.82 Å². The van der Waals surface area contributed by atoms with Crippen molar-refractivity contribution >= 4 is 5.82 Å². The fraction of sp³-hybridized carbons (Fsp3) is 0.812. The molecule has 5 heteroatoms. The number of anilines is 1. The summed E-state index contributed by atoms with van der Waals surface area (Å²) in [5, 5.41) is 8.12. The smallest absolute Gasteiger partial charge is 0.131 e. The highest BCUT2D eigenvalue weighted by Crippen LogP contribution is 2.30. The van der Waals surface area contributed by atoms with Gasteiger partial charge in [-0.2, -0.15) is 5.10 Å². The van der Waals surface area contributed by atoms with Crippen LogP contribution in [-0.4, -0.2) is 42.6 Å². The second-order valence-electron chi connectivity index (χ2n) is 5.93. The maximum Gasteiger partial charge on any atom is 0.131 e. The molecule has 2 rings (SSSR count). The first-order valence-corrected chi connectivity index (χ1v) is 8.17. The molecule has 0 spiro atoms. The van der Waals surface area contributed by atoms with Crippen LogP contribution in [0.3, 0.4) is 0 Å². The van der Waals surface area contributed by atoms with Gasteiger partial charge in [0.15, 0.2) is 0 Å². The largest absolute Gasteiger partial charge is 0.383 e. The molecule has 1 aromatic heterocycles. The Morgan fingerprint density at radius 3 is 2.90 bits per heavy atom. The van der Waals surface area contributed by atoms with Crippen molar-refractivity contribution in [2.75, 3.05) is 31.7 Å². The summed E-state index contributed by atoms with van der Waals surface area (Å²) in [5.41, 5.74) is 2.48. The van der Waals surface area contributed by atoms with E-state index in [0.717, 1.165) is 31.9 Å². The van der Waals surface area contributed by atoms with E-state index in [1.54, 1.807) is 7.11 Å². The number of hydrogen-bond acceptors (Lipinski definition) is 4. The van der Waals surface area contributed by atoms with Crippen molar-refractivity contribution in [1.29, 1.82) is 0 Å². The van der Waals surface area contributed by atoms with E-state index in [2.05, 4.69) is 40.9 Å². The topological polar surface area (TPSA) is 42.3 Å². The van der Waals surface area contributed by atoms with Crippen LogP contribution in [0.4, 0.5) is 5.82 Å². The van der Waals surface area contributed by atoms with Gasteiger partial charge in [0.25, 0.3) is 0 Å². The molecule has 0 radical (unpaired) electrons. The molecule has 1 saturated heterocycles. The maximum atomic E-state index is 5.10. The van der Waals surface area contributed by atoms with E-state index in [1.807, 2.05) is 0 Å². The molecular weight excluding hydrogens is 264 g/mol. The molecule has 0 amide bonds. The third kappa shape index (κ3) is 3.77. The molecule has 2 heterocycles. The Morgan fingerprint density at radius 1 is 1.38 bits per heavy atom. The van der Waals surface area contributed by atoms with Gasteiger partial charge in [-0.25, -0.2) is 0 Å². The van der Waals surface area contributed by atoms with E-state index < -0.39 is 0 Å². The Balaban J connectivity index is 2.16. The fourth-order valence-corrected chi connectivity index (χ4v) is 3.35. The van der Waals surface area contributed by atoms with Crippen LogP contribution in [0.1, 0.15) is 43.9 Å². The number of piperidine rings is 1. The number of hydrogen-bond donors (Lipinski definition) is 1. The number of nitrogens with zero attached hydrogens (tertiary/aromatic N) is 3. The zero-order valence-corrected chi connectivity index (χ0v) is 14.0. The van der Waals surface area contributed by atoms with Gasteiger partial charge in [-0.05, 0) is 32.6 Å². The van der Waals surface area contributed by atoms with Crippen LogP contribution in [0, 0.1) is 6.92 Å². The summed E-state index contributed by atoms with van der Waals surface area (Å²) >= 11 is 0. The first-order chi connectivity index (χ1) is 10.2. The lowest BCUT2D eigenvalue weighted by Crippen LogP contribution is -2.41. The number of rotatable bonds is 7. The molecule has 5 nitrogen and oxygen atoms in total. The molecule has 1 N–H and O–H groups in total. The zero-order chi connectivity index (χ0) is 15.2. The van der Waals surface area contributed by atoms with E-state index in [9.17, 15) is 0 Å². The first-order valence-electron chi connectivity index (χ1n) is 8.17. The molecule has 0 aromatic carbocycles. The van der Waals surface area contributed by atoms with Crippen molar-refractivity contribution in [2.24, 2.45) is 7.05 Å². The van der Waals surface area contributed by atoms with Gasteiger partial charge in [-0.3, -0.25) is 4.68 Å². The van der Waals surface area contributed by atoms with Crippen LogP contribution in [-0.2, 0) is 18.3 Å². The van der Waals surface area contributed by atoms with Gasteiger partial charge in [0.05, 0.1) is 12.3 Å². The Labute approximate surface area is 128 Å². The van der Waals surface area contributed by atoms with E-state index in [1.165, 1.54) is 37.1 Å². The van der Waals surface area contributed by atoms with Crippen molar-refractivity contribution in [3.63, 3.8) is 0 Å². The molecule has 1 unspecified atom stereocenters. The van der Waals surface area contributed by atoms with Crippen molar-refractivity contribution in [3.05, 3.63) is 11.3 Å². The van der Waals surface area contributed by atoms with Crippen molar-refractivity contribution in [1.82, 2.24) is 15.1 Å². The van der Waals surface area contributed by atoms with Crippen LogP contribution in [0.25, 0.3) is 0 Å². The lowest BCUT2D eigenvalue weighted by molar-refractivity contribution is 0.199. The predicted octanol–water partition coefficient (Wildman–Crippen LogP) is 2.23. The SMILES string of the molecule is CCC1CCCCN1c1c(CNCCOC)c(C)nn1C. The number of methoxy groups -OCH3 is 1. The highest BCUT2D eigenvalue weighted by molar-refractivity contribution is 5.51. The number of aryl methyl sites for hydroxylation is 2. The summed E-state index contributed by atoms with van der Waals surface area (Å²) in [5.74, 6) is 1.31. The summed E-state index contributed by atoms with van der Waals surface area (Å²) in [7, 11) is 3.81. The summed E-state index contributed by atoms with van der Waals surface area (Å²) < 4.78 is 7.17. The highest BCUT2D eigenvalue weighted by Gasteiger charge is 2.26. The molecule has 120 valence electrons. The standard InChI is InChI=1S/C16H30N4O/c1-5-14-8-6-7-10-20(14)16-15(12-17-9-11-21-4)13(2)18-19(16)3/h14,17H,5-12H2,1-4H3. The number of aromatic nitrogens is 2. The zero-order valence-electron chi connectivity index (χ0n) is 14.0. The molecule has 1 aliphatic rings. The minimum Gasteiger partial charge on any atom is -0.383 e. The third-order valence-corrected chi connectivity index (χ3v) is 4.47. The monoisotopic (exact) mass is 294 g/mol. The van der Waals surface area contributed by atoms with Crippen LogP contribution >= 0.6 is 0 Å². The predicted molar refractivity (Wildman–Crippen MR) is 86.8 cm³/mol. The van der Waals surface area contributed by atoms with Gasteiger partial charge in [0, 0.05) is 45.4 Å². The summed E-state index contributed by atoms with van der Waals surface area (Å²) in [6.07, 6.45) is 5.16. The molecule has 0 bridgehead atoms. The highest BCUT2D eigenvalue weighted by atomic mass is 16.5. The molecule has 0 aliphatic carbocycles. The molecular formula is C16H30N4O. The number of nitrogens with one attached hydrogen (secondary N) is 1. The van der Waals surface area contributed by atoms with Gasteiger partial charge in [0.2, 0.25) is 0 Å². The van der Waals surface area contributed by atoms with E-state index in [4.69, 9.17) is 4.74 Å². The van der Waals surface area contributed by atoms with Crippen LogP contribution in [0.5, 0.6) is 0 Å². The second kappa shape index (κ2) is 7.80. The van der Waals surface area contributed by atoms with E-state index >= 15 is 0 Å². The van der Waals surface area contributed by atoms with Crippen molar-refractivity contribution in [2.45, 2.75) is 52.1 Å². The molecule has 0 saturated carbocycles. The Hall–Kier alpha value is -1.07. The van der Waals surface area contributed by atoms with Crippen LogP contribution in [0.2, 0.25) is 0 Å². The fourth-order valence-electron chi connectivity index (χ4n) is 3.35. The lowest BCUT2D eigenvalue weighted by atomic mass is 9.99. The normalized spacial score (nSPS) is 19.2. The Kier molecular flexibility index (Phi) is 6.06. The van der Waals surface area contributed by atoms with E-state index in [-0.39, 0.29) is 0 Å². The summed E-state index contributed by atoms with van der Waals surface area (Å²) in [6, 6.07) is 0.659. The average molecular weight is 294 g/mol. The van der Waals surface area contributed by atoms with Gasteiger partial charge in [-0.1, -0.05) is 6.92 Å². The number of ether oxygens (including phenoxy) is 1. The van der Waals surface area contributed by atoms with Gasteiger partial charge < -0.3 is 15.0 Å². The minimum atomic E-state index is 0.659. The van der Waals surface area contributed by atoms with Crippen LogP contribution in [0.15, 0.2) is 0 Å². The van der Waals surface area contributed by atoms with Crippen LogP contribution < -0.4 is 10.2 Å². The molecule has 1 aromatic rings. The summed E-state index contributed by atoms with van der Waals surface area (Å²) in [6.45, 7) is 8.05. The first kappa shape index (κ1) is 16.3. The van der Waals surface area contributed by atoms with Crippen molar-refractivity contribution < 1.29 is 4.74 Å². The second-order valence-corrected chi connectivity index (χ2v) is 5.93.